The third-order valence-electron chi connectivity index (χ3n) is 3.68. The molecule has 0 bridgehead atoms. The van der Waals surface area contributed by atoms with Crippen molar-refractivity contribution in [3.63, 3.8) is 0 Å². The SMILES string of the molecule is O=C(O)NN1Cc2ncnc(Oc3ccc4[nH]ccc4c3)c2C1. The van der Waals surface area contributed by atoms with Crippen molar-refractivity contribution >= 4 is 17.0 Å². The Morgan fingerprint density at radius 1 is 1.30 bits per heavy atom. The molecule has 116 valence electrons. The summed E-state index contributed by atoms with van der Waals surface area (Å²) in [6, 6.07) is 7.67. The molecule has 4 rings (SSSR count). The highest BCUT2D eigenvalue weighted by Crippen LogP contribution is 2.31. The molecule has 23 heavy (non-hydrogen) atoms. The predicted octanol–water partition coefficient (Wildman–Crippen LogP) is 2.25. The van der Waals surface area contributed by atoms with Crippen LogP contribution >= 0.6 is 0 Å². The van der Waals surface area contributed by atoms with Gasteiger partial charge in [-0.25, -0.2) is 19.8 Å². The Kier molecular flexibility index (Phi) is 3.09. The number of aromatic nitrogens is 3. The molecule has 0 fully saturated rings. The molecule has 0 unspecified atom stereocenters. The summed E-state index contributed by atoms with van der Waals surface area (Å²) in [5.41, 5.74) is 4.90. The van der Waals surface area contributed by atoms with Crippen LogP contribution < -0.4 is 10.2 Å². The van der Waals surface area contributed by atoms with E-state index in [-0.39, 0.29) is 0 Å². The standard InChI is InChI=1S/C15H13N5O3/c21-15(22)19-20-6-11-13(7-20)17-8-18-14(11)23-10-1-2-12-9(5-10)3-4-16-12/h1-5,8,16,19H,6-7H2,(H,21,22). The summed E-state index contributed by atoms with van der Waals surface area (Å²) in [4.78, 5) is 22.3. The highest BCUT2D eigenvalue weighted by atomic mass is 16.5. The normalized spacial score (nSPS) is 13.9. The molecule has 8 nitrogen and oxygen atoms in total. The first kappa shape index (κ1) is 13.5. The number of hydrogen-bond donors (Lipinski definition) is 3. The number of rotatable bonds is 3. The Morgan fingerprint density at radius 2 is 2.22 bits per heavy atom. The van der Waals surface area contributed by atoms with E-state index in [0.717, 1.165) is 22.2 Å². The minimum absolute atomic E-state index is 0.365. The van der Waals surface area contributed by atoms with Crippen molar-refractivity contribution in [1.82, 2.24) is 25.4 Å². The van der Waals surface area contributed by atoms with E-state index in [9.17, 15) is 4.79 Å². The fourth-order valence-electron chi connectivity index (χ4n) is 2.66. The summed E-state index contributed by atoms with van der Waals surface area (Å²) in [5, 5.41) is 11.4. The smallest absolute Gasteiger partial charge is 0.419 e. The Balaban J connectivity index is 1.61. The van der Waals surface area contributed by atoms with Gasteiger partial charge >= 0.3 is 6.09 Å². The third-order valence-corrected chi connectivity index (χ3v) is 3.68. The van der Waals surface area contributed by atoms with E-state index in [2.05, 4.69) is 20.4 Å². The minimum Gasteiger partial charge on any atom is -0.464 e. The molecule has 3 N–H and O–H groups in total. The zero-order chi connectivity index (χ0) is 15.8. The molecular weight excluding hydrogens is 298 g/mol. The third kappa shape index (κ3) is 2.55. The van der Waals surface area contributed by atoms with E-state index < -0.39 is 6.09 Å². The van der Waals surface area contributed by atoms with Gasteiger partial charge in [-0.1, -0.05) is 0 Å². The Bertz CT molecular complexity index is 892. The highest BCUT2D eigenvalue weighted by molar-refractivity contribution is 5.80. The van der Waals surface area contributed by atoms with E-state index in [1.54, 1.807) is 5.01 Å². The summed E-state index contributed by atoms with van der Waals surface area (Å²) < 4.78 is 5.89. The van der Waals surface area contributed by atoms with E-state index in [1.165, 1.54) is 6.33 Å². The molecule has 3 aromatic rings. The maximum absolute atomic E-state index is 10.8. The van der Waals surface area contributed by atoms with E-state index in [4.69, 9.17) is 9.84 Å². The first-order valence-electron chi connectivity index (χ1n) is 7.01. The molecule has 0 saturated heterocycles. The van der Waals surface area contributed by atoms with E-state index in [0.29, 0.717) is 24.7 Å². The maximum Gasteiger partial charge on any atom is 0.419 e. The number of aromatic amines is 1. The van der Waals surface area contributed by atoms with Crippen LogP contribution in [0.15, 0.2) is 36.8 Å². The van der Waals surface area contributed by atoms with Crippen molar-refractivity contribution < 1.29 is 14.6 Å². The van der Waals surface area contributed by atoms with Crippen LogP contribution in [0.3, 0.4) is 0 Å². The van der Waals surface area contributed by atoms with Crippen molar-refractivity contribution in [2.45, 2.75) is 13.1 Å². The number of benzene rings is 1. The van der Waals surface area contributed by atoms with E-state index >= 15 is 0 Å². The maximum atomic E-state index is 10.8. The summed E-state index contributed by atoms with van der Waals surface area (Å²) in [6.45, 7) is 0.752. The Morgan fingerprint density at radius 3 is 3.09 bits per heavy atom. The number of amides is 1. The molecule has 1 aliphatic heterocycles. The van der Waals surface area contributed by atoms with Crippen molar-refractivity contribution in [1.29, 1.82) is 0 Å². The number of hydrogen-bond acceptors (Lipinski definition) is 5. The van der Waals surface area contributed by atoms with Crippen molar-refractivity contribution in [3.05, 3.63) is 48.0 Å². The highest BCUT2D eigenvalue weighted by Gasteiger charge is 2.26. The average Bonchev–Trinajstić information content (AvgIpc) is 3.12. The fraction of sp³-hybridized carbons (Fsp3) is 0.133. The number of nitrogens with one attached hydrogen (secondary N) is 2. The molecule has 8 heteroatoms. The van der Waals surface area contributed by atoms with Crippen LogP contribution in [0.25, 0.3) is 10.9 Å². The number of ether oxygens (including phenoxy) is 1. The zero-order valence-electron chi connectivity index (χ0n) is 12.0. The van der Waals surface area contributed by atoms with Crippen LogP contribution in [0.4, 0.5) is 4.79 Å². The monoisotopic (exact) mass is 311 g/mol. The zero-order valence-corrected chi connectivity index (χ0v) is 12.0. The van der Waals surface area contributed by atoms with Gasteiger partial charge in [-0.05, 0) is 24.3 Å². The fourth-order valence-corrected chi connectivity index (χ4v) is 2.66. The summed E-state index contributed by atoms with van der Waals surface area (Å²) in [6.07, 6.45) is 2.19. The van der Waals surface area contributed by atoms with Gasteiger partial charge in [0, 0.05) is 17.1 Å². The number of nitrogens with zero attached hydrogens (tertiary/aromatic N) is 3. The van der Waals surface area contributed by atoms with Crippen LogP contribution in [0.2, 0.25) is 0 Å². The van der Waals surface area contributed by atoms with Crippen LogP contribution in [0.5, 0.6) is 11.6 Å². The molecule has 0 saturated carbocycles. The summed E-state index contributed by atoms with van der Waals surface area (Å²) in [7, 11) is 0. The number of fused-ring (bicyclic) bond motifs is 2. The summed E-state index contributed by atoms with van der Waals surface area (Å²) >= 11 is 0. The molecule has 0 atom stereocenters. The lowest BCUT2D eigenvalue weighted by molar-refractivity contribution is 0.138. The van der Waals surface area contributed by atoms with Gasteiger partial charge in [0.15, 0.2) is 0 Å². The minimum atomic E-state index is -1.11. The molecule has 1 aliphatic rings. The molecule has 2 aromatic heterocycles. The topological polar surface area (TPSA) is 103 Å². The van der Waals surface area contributed by atoms with Gasteiger partial charge in [-0.3, -0.25) is 5.43 Å². The van der Waals surface area contributed by atoms with Crippen molar-refractivity contribution in [2.24, 2.45) is 0 Å². The van der Waals surface area contributed by atoms with Crippen LogP contribution in [0, 0.1) is 0 Å². The van der Waals surface area contributed by atoms with Gasteiger partial charge in [-0.2, -0.15) is 0 Å². The van der Waals surface area contributed by atoms with Gasteiger partial charge < -0.3 is 14.8 Å². The van der Waals surface area contributed by atoms with Crippen molar-refractivity contribution in [2.75, 3.05) is 0 Å². The lowest BCUT2D eigenvalue weighted by atomic mass is 10.2. The lowest BCUT2D eigenvalue weighted by Crippen LogP contribution is -2.37. The first-order chi connectivity index (χ1) is 11.2. The molecule has 1 aromatic carbocycles. The largest absolute Gasteiger partial charge is 0.464 e. The molecular formula is C15H13N5O3. The van der Waals surface area contributed by atoms with E-state index in [1.807, 2.05) is 30.5 Å². The van der Waals surface area contributed by atoms with Crippen LogP contribution in [-0.2, 0) is 13.1 Å². The Labute approximate surface area is 130 Å². The Hall–Kier alpha value is -3.13. The van der Waals surface area contributed by atoms with Gasteiger partial charge in [0.25, 0.3) is 0 Å². The molecule has 0 aliphatic carbocycles. The number of H-pyrrole nitrogens is 1. The molecule has 1 amide bonds. The molecule has 0 radical (unpaired) electrons. The lowest BCUT2D eigenvalue weighted by Gasteiger charge is -2.12. The van der Waals surface area contributed by atoms with Gasteiger partial charge in [0.2, 0.25) is 5.88 Å². The molecule has 3 heterocycles. The van der Waals surface area contributed by atoms with Crippen molar-refractivity contribution in [3.8, 4) is 11.6 Å². The quantitative estimate of drug-likeness (QED) is 0.685. The number of carboxylic acid groups (broad SMARTS) is 1. The second-order valence-corrected chi connectivity index (χ2v) is 5.21. The second-order valence-electron chi connectivity index (χ2n) is 5.21. The van der Waals surface area contributed by atoms with Gasteiger partial charge in [0.05, 0.1) is 24.3 Å². The summed E-state index contributed by atoms with van der Waals surface area (Å²) in [5.74, 6) is 1.11. The number of carbonyl (C=O) groups is 1. The van der Waals surface area contributed by atoms with Crippen LogP contribution in [0.1, 0.15) is 11.3 Å². The van der Waals surface area contributed by atoms with Gasteiger partial charge in [-0.15, -0.1) is 0 Å². The molecule has 0 spiro atoms. The number of hydrazine groups is 1. The predicted molar refractivity (Wildman–Crippen MR) is 80.8 cm³/mol. The average molecular weight is 311 g/mol. The van der Waals surface area contributed by atoms with Gasteiger partial charge in [0.1, 0.15) is 12.1 Å². The van der Waals surface area contributed by atoms with Crippen LogP contribution in [-0.4, -0.2) is 31.2 Å². The first-order valence-corrected chi connectivity index (χ1v) is 7.01. The second kappa shape index (κ2) is 5.25.